The van der Waals surface area contributed by atoms with E-state index in [2.05, 4.69) is 73.0 Å². The minimum atomic E-state index is 0.623. The van der Waals surface area contributed by atoms with E-state index in [1.165, 1.54) is 28.8 Å². The van der Waals surface area contributed by atoms with Crippen molar-refractivity contribution in [3.63, 3.8) is 0 Å². The molecule has 26 heavy (non-hydrogen) atoms. The Labute approximate surface area is 158 Å². The maximum atomic E-state index is 5.24. The molecule has 1 heterocycles. The molecule has 3 nitrogen and oxygen atoms in total. The molecule has 140 valence electrons. The van der Waals surface area contributed by atoms with Crippen LogP contribution in [0.5, 0.6) is 5.75 Å². The highest BCUT2D eigenvalue weighted by molar-refractivity contribution is 5.55. The first-order chi connectivity index (χ1) is 12.6. The van der Waals surface area contributed by atoms with Gasteiger partial charge in [-0.05, 0) is 68.5 Å². The van der Waals surface area contributed by atoms with E-state index in [9.17, 15) is 0 Å². The molecular weight excluding hydrogens is 320 g/mol. The number of nitrogens with zero attached hydrogens (tertiary/aromatic N) is 2. The van der Waals surface area contributed by atoms with Gasteiger partial charge in [0.15, 0.2) is 0 Å². The maximum Gasteiger partial charge on any atom is 0.118 e. The number of piperazine rings is 1. The van der Waals surface area contributed by atoms with Gasteiger partial charge in [-0.15, -0.1) is 0 Å². The lowest BCUT2D eigenvalue weighted by Gasteiger charge is -2.39. The number of rotatable bonds is 6. The fourth-order valence-electron chi connectivity index (χ4n) is 3.81. The van der Waals surface area contributed by atoms with Crippen LogP contribution in [0.15, 0.2) is 42.5 Å². The summed E-state index contributed by atoms with van der Waals surface area (Å²) in [6.45, 7) is 11.3. The molecule has 1 atom stereocenters. The molecule has 1 aliphatic heterocycles. The Kier molecular flexibility index (Phi) is 6.20. The average Bonchev–Trinajstić information content (AvgIpc) is 2.68. The van der Waals surface area contributed by atoms with Crippen molar-refractivity contribution in [3.8, 4) is 5.75 Å². The van der Waals surface area contributed by atoms with E-state index in [0.717, 1.165) is 38.3 Å². The van der Waals surface area contributed by atoms with Crippen LogP contribution in [0, 0.1) is 13.8 Å². The molecule has 3 rings (SSSR count). The van der Waals surface area contributed by atoms with Gasteiger partial charge in [0.25, 0.3) is 0 Å². The average molecular weight is 353 g/mol. The summed E-state index contributed by atoms with van der Waals surface area (Å²) in [5, 5.41) is 0. The summed E-state index contributed by atoms with van der Waals surface area (Å²) in [4.78, 5) is 5.19. The highest BCUT2D eigenvalue weighted by Gasteiger charge is 2.22. The molecule has 0 aliphatic carbocycles. The second kappa shape index (κ2) is 8.59. The van der Waals surface area contributed by atoms with Crippen molar-refractivity contribution in [1.29, 1.82) is 0 Å². The van der Waals surface area contributed by atoms with E-state index >= 15 is 0 Å². The number of methoxy groups -OCH3 is 1. The van der Waals surface area contributed by atoms with Gasteiger partial charge in [-0.2, -0.15) is 0 Å². The van der Waals surface area contributed by atoms with Gasteiger partial charge in [0.2, 0.25) is 0 Å². The Hall–Kier alpha value is -2.00. The molecule has 1 saturated heterocycles. The molecule has 0 unspecified atom stereocenters. The van der Waals surface area contributed by atoms with Crippen molar-refractivity contribution in [1.82, 2.24) is 4.90 Å². The quantitative estimate of drug-likeness (QED) is 0.764. The first-order valence-electron chi connectivity index (χ1n) is 9.76. The zero-order chi connectivity index (χ0) is 18.5. The third-order valence-corrected chi connectivity index (χ3v) is 5.65. The Bertz CT molecular complexity index is 703. The lowest BCUT2D eigenvalue weighted by Crippen LogP contribution is -2.49. The van der Waals surface area contributed by atoms with Crippen molar-refractivity contribution in [2.75, 3.05) is 38.2 Å². The van der Waals surface area contributed by atoms with Crippen LogP contribution in [0.2, 0.25) is 0 Å². The standard InChI is InChI=1S/C23H32N2O/c1-18-5-6-19(2)23(17-18)25-15-13-24(14-16-25)20(3)7-8-21-9-11-22(26-4)12-10-21/h5-6,9-12,17,20H,7-8,13-16H2,1-4H3/t20-/m1/s1. The van der Waals surface area contributed by atoms with Gasteiger partial charge in [-0.25, -0.2) is 0 Å². The predicted octanol–water partition coefficient (Wildman–Crippen LogP) is 4.46. The monoisotopic (exact) mass is 352 g/mol. The van der Waals surface area contributed by atoms with Crippen LogP contribution in [-0.2, 0) is 6.42 Å². The van der Waals surface area contributed by atoms with Gasteiger partial charge in [-0.3, -0.25) is 4.90 Å². The first kappa shape index (κ1) is 18.8. The lowest BCUT2D eigenvalue weighted by molar-refractivity contribution is 0.188. The largest absolute Gasteiger partial charge is 0.497 e. The van der Waals surface area contributed by atoms with E-state index in [0.29, 0.717) is 6.04 Å². The topological polar surface area (TPSA) is 15.7 Å². The molecule has 0 N–H and O–H groups in total. The second-order valence-corrected chi connectivity index (χ2v) is 7.55. The Balaban J connectivity index is 1.50. The molecule has 0 saturated carbocycles. The fraction of sp³-hybridized carbons (Fsp3) is 0.478. The molecule has 2 aromatic rings. The fourth-order valence-corrected chi connectivity index (χ4v) is 3.81. The Morgan fingerprint density at radius 1 is 0.962 bits per heavy atom. The van der Waals surface area contributed by atoms with Crippen LogP contribution < -0.4 is 9.64 Å². The minimum Gasteiger partial charge on any atom is -0.497 e. The zero-order valence-corrected chi connectivity index (χ0v) is 16.7. The molecule has 0 bridgehead atoms. The highest BCUT2D eigenvalue weighted by atomic mass is 16.5. The van der Waals surface area contributed by atoms with E-state index in [1.54, 1.807) is 7.11 Å². The second-order valence-electron chi connectivity index (χ2n) is 7.55. The molecule has 3 heteroatoms. The smallest absolute Gasteiger partial charge is 0.118 e. The van der Waals surface area contributed by atoms with E-state index < -0.39 is 0 Å². The van der Waals surface area contributed by atoms with Gasteiger partial charge in [0.1, 0.15) is 5.75 Å². The van der Waals surface area contributed by atoms with Crippen molar-refractivity contribution in [2.24, 2.45) is 0 Å². The first-order valence-corrected chi connectivity index (χ1v) is 9.76. The Morgan fingerprint density at radius 2 is 1.65 bits per heavy atom. The normalized spacial score (nSPS) is 16.5. The third kappa shape index (κ3) is 4.59. The van der Waals surface area contributed by atoms with Crippen LogP contribution >= 0.6 is 0 Å². The van der Waals surface area contributed by atoms with E-state index in [4.69, 9.17) is 4.74 Å². The SMILES string of the molecule is COc1ccc(CC[C@@H](C)N2CCN(c3cc(C)ccc3C)CC2)cc1. The number of benzene rings is 2. The van der Waals surface area contributed by atoms with E-state index in [-0.39, 0.29) is 0 Å². The molecule has 1 aliphatic rings. The number of aryl methyl sites for hydroxylation is 3. The lowest BCUT2D eigenvalue weighted by atomic mass is 10.0. The zero-order valence-electron chi connectivity index (χ0n) is 16.7. The van der Waals surface area contributed by atoms with Crippen LogP contribution in [-0.4, -0.2) is 44.2 Å². The number of hydrogen-bond acceptors (Lipinski definition) is 3. The van der Waals surface area contributed by atoms with Crippen LogP contribution in [0.1, 0.15) is 30.0 Å². The molecule has 0 amide bonds. The molecule has 2 aromatic carbocycles. The summed E-state index contributed by atoms with van der Waals surface area (Å²) in [6, 6.07) is 15.9. The van der Waals surface area contributed by atoms with Gasteiger partial charge < -0.3 is 9.64 Å². The predicted molar refractivity (Wildman–Crippen MR) is 110 cm³/mol. The van der Waals surface area contributed by atoms with Crippen molar-refractivity contribution < 1.29 is 4.74 Å². The molecule has 0 aromatic heterocycles. The molecule has 0 radical (unpaired) electrons. The van der Waals surface area contributed by atoms with E-state index in [1.807, 2.05) is 0 Å². The van der Waals surface area contributed by atoms with Crippen LogP contribution in [0.25, 0.3) is 0 Å². The summed E-state index contributed by atoms with van der Waals surface area (Å²) in [5.74, 6) is 0.935. The number of hydrogen-bond donors (Lipinski definition) is 0. The van der Waals surface area contributed by atoms with Crippen molar-refractivity contribution in [3.05, 3.63) is 59.2 Å². The number of anilines is 1. The third-order valence-electron chi connectivity index (χ3n) is 5.65. The van der Waals surface area contributed by atoms with Gasteiger partial charge in [-0.1, -0.05) is 24.3 Å². The maximum absolute atomic E-state index is 5.24. The van der Waals surface area contributed by atoms with Gasteiger partial charge >= 0.3 is 0 Å². The summed E-state index contributed by atoms with van der Waals surface area (Å²) in [6.07, 6.45) is 2.33. The highest BCUT2D eigenvalue weighted by Crippen LogP contribution is 2.24. The summed E-state index contributed by atoms with van der Waals surface area (Å²) < 4.78 is 5.24. The van der Waals surface area contributed by atoms with Gasteiger partial charge in [0.05, 0.1) is 7.11 Å². The summed E-state index contributed by atoms with van der Waals surface area (Å²) in [7, 11) is 1.72. The molecule has 0 spiro atoms. The Morgan fingerprint density at radius 3 is 2.31 bits per heavy atom. The van der Waals surface area contributed by atoms with Crippen LogP contribution in [0.4, 0.5) is 5.69 Å². The number of ether oxygens (including phenoxy) is 1. The summed E-state index contributed by atoms with van der Waals surface area (Å²) in [5.41, 5.74) is 5.54. The van der Waals surface area contributed by atoms with Crippen LogP contribution in [0.3, 0.4) is 0 Å². The van der Waals surface area contributed by atoms with Crippen molar-refractivity contribution >= 4 is 5.69 Å². The van der Waals surface area contributed by atoms with Gasteiger partial charge in [0, 0.05) is 37.9 Å². The summed E-state index contributed by atoms with van der Waals surface area (Å²) >= 11 is 0. The van der Waals surface area contributed by atoms with Crippen molar-refractivity contribution in [2.45, 2.75) is 39.7 Å². The molecular formula is C23H32N2O. The minimum absolute atomic E-state index is 0.623. The molecule has 1 fully saturated rings.